The minimum absolute atomic E-state index is 0.534. The largest absolute Gasteiger partial charge is 0.486 e. The van der Waals surface area contributed by atoms with Crippen LogP contribution in [0.2, 0.25) is 0 Å². The van der Waals surface area contributed by atoms with Crippen LogP contribution in [0.25, 0.3) is 0 Å². The van der Waals surface area contributed by atoms with Crippen LogP contribution in [0, 0.1) is 0 Å². The minimum atomic E-state index is 0.534. The first-order valence-corrected chi connectivity index (χ1v) is 8.13. The van der Waals surface area contributed by atoms with E-state index in [9.17, 15) is 0 Å². The number of anilines is 3. The molecule has 1 aromatic carbocycles. The molecule has 1 aliphatic heterocycles. The summed E-state index contributed by atoms with van der Waals surface area (Å²) in [6, 6.07) is 8.19. The van der Waals surface area contributed by atoms with E-state index >= 15 is 0 Å². The molecular formula is C17H20N4O2. The molecule has 0 bridgehead atoms. The van der Waals surface area contributed by atoms with E-state index in [1.807, 2.05) is 24.3 Å². The number of fused-ring (bicyclic) bond motifs is 1. The Hall–Kier alpha value is -2.50. The first-order chi connectivity index (χ1) is 11.4. The fourth-order valence-electron chi connectivity index (χ4n) is 3.03. The lowest BCUT2D eigenvalue weighted by molar-refractivity contribution is 0.171. The van der Waals surface area contributed by atoms with Gasteiger partial charge in [-0.05, 0) is 31.0 Å². The predicted molar refractivity (Wildman–Crippen MR) is 88.6 cm³/mol. The molecule has 6 heteroatoms. The Morgan fingerprint density at radius 1 is 1.00 bits per heavy atom. The minimum Gasteiger partial charge on any atom is -0.486 e. The molecule has 2 aromatic rings. The lowest BCUT2D eigenvalue weighted by atomic mass is 10.2. The van der Waals surface area contributed by atoms with Crippen LogP contribution < -0.4 is 20.1 Å². The molecule has 1 fully saturated rings. The quantitative estimate of drug-likeness (QED) is 0.902. The zero-order chi connectivity index (χ0) is 15.5. The van der Waals surface area contributed by atoms with Crippen molar-refractivity contribution in [3.05, 3.63) is 30.5 Å². The second-order valence-electron chi connectivity index (χ2n) is 5.87. The van der Waals surface area contributed by atoms with E-state index in [0.29, 0.717) is 25.2 Å². The second kappa shape index (κ2) is 6.32. The first-order valence-electron chi connectivity index (χ1n) is 8.13. The molecule has 0 atom stereocenters. The van der Waals surface area contributed by atoms with Crippen molar-refractivity contribution in [2.24, 2.45) is 0 Å². The van der Waals surface area contributed by atoms with Crippen LogP contribution in [0.4, 0.5) is 17.5 Å². The van der Waals surface area contributed by atoms with Gasteiger partial charge in [0.05, 0.1) is 0 Å². The van der Waals surface area contributed by atoms with Crippen molar-refractivity contribution in [3.8, 4) is 11.5 Å². The molecule has 0 radical (unpaired) electrons. The molecule has 6 nitrogen and oxygen atoms in total. The van der Waals surface area contributed by atoms with Gasteiger partial charge in [-0.25, -0.2) is 4.98 Å². The summed E-state index contributed by atoms with van der Waals surface area (Å²) in [5.74, 6) is 2.97. The highest BCUT2D eigenvalue weighted by atomic mass is 16.6. The van der Waals surface area contributed by atoms with E-state index in [2.05, 4.69) is 20.6 Å². The Balaban J connectivity index is 1.47. The van der Waals surface area contributed by atoms with Crippen LogP contribution in [0.15, 0.2) is 30.5 Å². The van der Waals surface area contributed by atoms with Gasteiger partial charge in [0.2, 0.25) is 5.95 Å². The molecule has 2 heterocycles. The summed E-state index contributed by atoms with van der Waals surface area (Å²) >= 11 is 0. The van der Waals surface area contributed by atoms with Crippen LogP contribution in [0.5, 0.6) is 11.5 Å². The first kappa shape index (κ1) is 14.1. The number of rotatable bonds is 4. The molecule has 1 saturated carbocycles. The van der Waals surface area contributed by atoms with Gasteiger partial charge in [-0.2, -0.15) is 4.98 Å². The maximum absolute atomic E-state index is 5.60. The van der Waals surface area contributed by atoms with Crippen molar-refractivity contribution in [1.82, 2.24) is 9.97 Å². The Labute approximate surface area is 135 Å². The highest BCUT2D eigenvalue weighted by Gasteiger charge is 2.15. The Morgan fingerprint density at radius 3 is 2.70 bits per heavy atom. The number of hydrogen-bond acceptors (Lipinski definition) is 6. The summed E-state index contributed by atoms with van der Waals surface area (Å²) in [4.78, 5) is 8.83. The third-order valence-electron chi connectivity index (χ3n) is 4.16. The number of benzene rings is 1. The van der Waals surface area contributed by atoms with Gasteiger partial charge in [0, 0.05) is 24.0 Å². The van der Waals surface area contributed by atoms with Gasteiger partial charge in [0.25, 0.3) is 0 Å². The molecule has 0 spiro atoms. The fraction of sp³-hybridized carbons (Fsp3) is 0.412. The maximum Gasteiger partial charge on any atom is 0.229 e. The van der Waals surface area contributed by atoms with Crippen LogP contribution in [-0.4, -0.2) is 29.2 Å². The summed E-state index contributed by atoms with van der Waals surface area (Å²) in [6.07, 6.45) is 6.80. The highest BCUT2D eigenvalue weighted by molar-refractivity contribution is 5.60. The number of nitrogens with one attached hydrogen (secondary N) is 2. The highest BCUT2D eigenvalue weighted by Crippen LogP contribution is 2.33. The van der Waals surface area contributed by atoms with Gasteiger partial charge in [-0.1, -0.05) is 12.8 Å². The predicted octanol–water partition coefficient (Wildman–Crippen LogP) is 3.35. The summed E-state index contributed by atoms with van der Waals surface area (Å²) < 4.78 is 11.1. The van der Waals surface area contributed by atoms with E-state index in [-0.39, 0.29) is 0 Å². The summed E-state index contributed by atoms with van der Waals surface area (Å²) in [5.41, 5.74) is 0.882. The third-order valence-corrected chi connectivity index (χ3v) is 4.16. The Bertz CT molecular complexity index is 686. The molecule has 2 aliphatic rings. The molecule has 4 rings (SSSR count). The van der Waals surface area contributed by atoms with E-state index < -0.39 is 0 Å². The number of ether oxygens (including phenoxy) is 2. The smallest absolute Gasteiger partial charge is 0.229 e. The van der Waals surface area contributed by atoms with Gasteiger partial charge in [0.15, 0.2) is 11.5 Å². The monoisotopic (exact) mass is 312 g/mol. The van der Waals surface area contributed by atoms with Gasteiger partial charge < -0.3 is 20.1 Å². The SMILES string of the molecule is c1cc(NC2CCCC2)nc(Nc2ccc3c(c2)OCCO3)n1. The van der Waals surface area contributed by atoms with Crippen LogP contribution in [0.1, 0.15) is 25.7 Å². The average molecular weight is 312 g/mol. The number of aromatic nitrogens is 2. The molecule has 0 amide bonds. The number of hydrogen-bond donors (Lipinski definition) is 2. The zero-order valence-electron chi connectivity index (χ0n) is 12.9. The maximum atomic E-state index is 5.60. The van der Waals surface area contributed by atoms with Crippen molar-refractivity contribution in [2.45, 2.75) is 31.7 Å². The van der Waals surface area contributed by atoms with Crippen molar-refractivity contribution in [1.29, 1.82) is 0 Å². The average Bonchev–Trinajstić information content (AvgIpc) is 3.08. The van der Waals surface area contributed by atoms with Crippen LogP contribution >= 0.6 is 0 Å². The van der Waals surface area contributed by atoms with Crippen molar-refractivity contribution in [2.75, 3.05) is 23.8 Å². The van der Waals surface area contributed by atoms with Crippen LogP contribution in [0.3, 0.4) is 0 Å². The lowest BCUT2D eigenvalue weighted by Gasteiger charge is -2.19. The topological polar surface area (TPSA) is 68.3 Å². The van der Waals surface area contributed by atoms with E-state index in [4.69, 9.17) is 9.47 Å². The summed E-state index contributed by atoms with van der Waals surface area (Å²) in [6.45, 7) is 1.17. The molecule has 1 aliphatic carbocycles. The van der Waals surface area contributed by atoms with Gasteiger partial charge in [0.1, 0.15) is 19.0 Å². The van der Waals surface area contributed by atoms with Crippen LogP contribution in [-0.2, 0) is 0 Å². The summed E-state index contributed by atoms with van der Waals surface area (Å²) in [7, 11) is 0. The lowest BCUT2D eigenvalue weighted by Crippen LogP contribution is -2.16. The normalized spacial score (nSPS) is 17.0. The van der Waals surface area contributed by atoms with Gasteiger partial charge in [-0.15, -0.1) is 0 Å². The fourth-order valence-corrected chi connectivity index (χ4v) is 3.03. The molecule has 0 unspecified atom stereocenters. The Kier molecular flexibility index (Phi) is 3.88. The number of nitrogens with zero attached hydrogens (tertiary/aromatic N) is 2. The molecular weight excluding hydrogens is 292 g/mol. The third kappa shape index (κ3) is 3.31. The van der Waals surface area contributed by atoms with Crippen molar-refractivity contribution >= 4 is 17.5 Å². The summed E-state index contributed by atoms with van der Waals surface area (Å²) in [5, 5.41) is 6.70. The van der Waals surface area contributed by atoms with E-state index in [1.54, 1.807) is 6.20 Å². The Morgan fingerprint density at radius 2 is 1.83 bits per heavy atom. The van der Waals surface area contributed by atoms with E-state index in [1.165, 1.54) is 25.7 Å². The van der Waals surface area contributed by atoms with Gasteiger partial charge >= 0.3 is 0 Å². The molecule has 2 N–H and O–H groups in total. The standard InChI is InChI=1S/C17H20N4O2/c1-2-4-12(3-1)19-16-7-8-18-17(21-16)20-13-5-6-14-15(11-13)23-10-9-22-14/h5-8,11-12H,1-4,9-10H2,(H2,18,19,20,21). The van der Waals surface area contributed by atoms with E-state index in [0.717, 1.165) is 23.0 Å². The molecule has 23 heavy (non-hydrogen) atoms. The zero-order valence-corrected chi connectivity index (χ0v) is 12.9. The van der Waals surface area contributed by atoms with Crippen molar-refractivity contribution < 1.29 is 9.47 Å². The second-order valence-corrected chi connectivity index (χ2v) is 5.87. The van der Waals surface area contributed by atoms with Crippen molar-refractivity contribution in [3.63, 3.8) is 0 Å². The molecule has 120 valence electrons. The molecule has 1 aromatic heterocycles. The van der Waals surface area contributed by atoms with Gasteiger partial charge in [-0.3, -0.25) is 0 Å². The molecule has 0 saturated heterocycles.